The Morgan fingerprint density at radius 2 is 1.88 bits per heavy atom. The zero-order chi connectivity index (χ0) is 18.6. The smallest absolute Gasteiger partial charge is 0.408 e. The molecule has 0 saturated heterocycles. The minimum atomic E-state index is -0.853. The summed E-state index contributed by atoms with van der Waals surface area (Å²) in [5.74, 6) is -0.415. The summed E-state index contributed by atoms with van der Waals surface area (Å²) in [6.45, 7) is 6.93. The second-order valence-corrected chi connectivity index (χ2v) is 6.48. The molecular weight excluding hydrogens is 326 g/mol. The summed E-state index contributed by atoms with van der Waals surface area (Å²) in [4.78, 5) is 35.3. The summed E-state index contributed by atoms with van der Waals surface area (Å²) in [6.07, 6.45) is -0.360. The van der Waals surface area contributed by atoms with Crippen LogP contribution in [0.1, 0.15) is 34.1 Å². The topological polar surface area (TPSA) is 94.8 Å². The fraction of sp³-hybridized carbons (Fsp3) is 0.389. The van der Waals surface area contributed by atoms with Crippen LogP contribution in [-0.4, -0.2) is 23.7 Å². The molecule has 1 N–H and O–H groups in total. The number of nitrogens with one attached hydrogen (secondary N) is 1. The second kappa shape index (κ2) is 7.38. The van der Waals surface area contributed by atoms with Gasteiger partial charge in [-0.05, 0) is 45.4 Å². The minimum absolute atomic E-state index is 0.219. The Hall–Kier alpha value is -2.83. The van der Waals surface area contributed by atoms with Crippen molar-refractivity contribution in [2.45, 2.75) is 45.8 Å². The minimum Gasteiger partial charge on any atom is -0.444 e. The molecule has 25 heavy (non-hydrogen) atoms. The maximum Gasteiger partial charge on any atom is 0.408 e. The normalized spacial score (nSPS) is 12.5. The maximum atomic E-state index is 12.3. The maximum absolute atomic E-state index is 12.3. The molecule has 0 spiro atoms. The zero-order valence-electron chi connectivity index (χ0n) is 14.6. The predicted octanol–water partition coefficient (Wildman–Crippen LogP) is 3.00. The molecule has 7 heteroatoms. The van der Waals surface area contributed by atoms with E-state index in [2.05, 4.69) is 5.32 Å². The highest BCUT2D eigenvalue weighted by Gasteiger charge is 2.24. The van der Waals surface area contributed by atoms with Gasteiger partial charge in [-0.15, -0.1) is 0 Å². The van der Waals surface area contributed by atoms with Crippen LogP contribution in [-0.2, 0) is 9.53 Å². The quantitative estimate of drug-likeness (QED) is 0.519. The first-order valence-corrected chi connectivity index (χ1v) is 7.93. The first kappa shape index (κ1) is 18.5. The molecule has 134 valence electrons. The number of carbonyl (C=O) groups is 2. The number of esters is 1. The molecule has 0 saturated carbocycles. The van der Waals surface area contributed by atoms with Crippen molar-refractivity contribution in [1.82, 2.24) is 5.32 Å². The number of hydrogen-bond donors (Lipinski definition) is 1. The summed E-state index contributed by atoms with van der Waals surface area (Å²) >= 11 is 0. The van der Waals surface area contributed by atoms with Crippen LogP contribution in [0.4, 0.5) is 4.79 Å². The summed E-state index contributed by atoms with van der Waals surface area (Å²) in [5, 5.41) is 3.19. The van der Waals surface area contributed by atoms with E-state index in [-0.39, 0.29) is 5.75 Å². The monoisotopic (exact) mass is 347 g/mol. The van der Waals surface area contributed by atoms with Gasteiger partial charge in [0.25, 0.3) is 0 Å². The molecule has 0 aliphatic carbocycles. The van der Waals surface area contributed by atoms with Crippen LogP contribution in [0.25, 0.3) is 11.0 Å². The number of carbonyl (C=O) groups excluding carboxylic acids is 2. The molecule has 1 aromatic carbocycles. The lowest BCUT2D eigenvalue weighted by molar-refractivity contribution is -0.136. The van der Waals surface area contributed by atoms with Gasteiger partial charge in [0.15, 0.2) is 0 Å². The molecule has 2 rings (SSSR count). The first-order chi connectivity index (χ1) is 11.7. The van der Waals surface area contributed by atoms with Crippen molar-refractivity contribution in [2.24, 2.45) is 0 Å². The van der Waals surface area contributed by atoms with E-state index in [1.165, 1.54) is 12.1 Å². The molecule has 0 aliphatic rings. The van der Waals surface area contributed by atoms with E-state index >= 15 is 0 Å². The summed E-state index contributed by atoms with van der Waals surface area (Å²) in [5.41, 5.74) is -0.845. The Morgan fingerprint density at radius 3 is 2.52 bits per heavy atom. The Bertz CT molecular complexity index is 833. The lowest BCUT2D eigenvalue weighted by Crippen LogP contribution is -2.44. The third kappa shape index (κ3) is 5.34. The molecule has 2 aromatic rings. The zero-order valence-corrected chi connectivity index (χ0v) is 14.6. The third-order valence-electron chi connectivity index (χ3n) is 3.20. The van der Waals surface area contributed by atoms with Gasteiger partial charge in [-0.1, -0.05) is 6.92 Å². The number of amides is 1. The standard InChI is InChI=1S/C18H21NO6/c1-5-13(19-17(22)25-18(2,3)4)16(21)23-12-8-6-11-7-9-15(20)24-14(11)10-12/h6-10,13H,5H2,1-4H3,(H,19,22)/t13-/m0/s1. The molecular formula is C18H21NO6. The van der Waals surface area contributed by atoms with Gasteiger partial charge in [-0.2, -0.15) is 0 Å². The average molecular weight is 347 g/mol. The van der Waals surface area contributed by atoms with Crippen LogP contribution in [0.3, 0.4) is 0 Å². The van der Waals surface area contributed by atoms with Crippen LogP contribution >= 0.6 is 0 Å². The molecule has 0 bridgehead atoms. The third-order valence-corrected chi connectivity index (χ3v) is 3.20. The van der Waals surface area contributed by atoms with E-state index in [1.807, 2.05) is 0 Å². The highest BCUT2D eigenvalue weighted by molar-refractivity contribution is 5.84. The van der Waals surface area contributed by atoms with Crippen molar-refractivity contribution in [2.75, 3.05) is 0 Å². The molecule has 0 fully saturated rings. The molecule has 0 unspecified atom stereocenters. The van der Waals surface area contributed by atoms with E-state index in [1.54, 1.807) is 45.9 Å². The van der Waals surface area contributed by atoms with E-state index in [0.29, 0.717) is 17.4 Å². The summed E-state index contributed by atoms with van der Waals surface area (Å²) in [7, 11) is 0. The van der Waals surface area contributed by atoms with Gasteiger partial charge in [-0.25, -0.2) is 14.4 Å². The Morgan fingerprint density at radius 1 is 1.20 bits per heavy atom. The van der Waals surface area contributed by atoms with Crippen molar-refractivity contribution >= 4 is 23.0 Å². The highest BCUT2D eigenvalue weighted by atomic mass is 16.6. The van der Waals surface area contributed by atoms with Crippen molar-refractivity contribution in [3.8, 4) is 5.75 Å². The van der Waals surface area contributed by atoms with Crippen LogP contribution in [0.15, 0.2) is 39.5 Å². The van der Waals surface area contributed by atoms with Gasteiger partial charge >= 0.3 is 17.7 Å². The van der Waals surface area contributed by atoms with Crippen molar-refractivity contribution in [3.05, 3.63) is 40.8 Å². The number of rotatable bonds is 4. The van der Waals surface area contributed by atoms with Gasteiger partial charge in [0, 0.05) is 17.5 Å². The Balaban J connectivity index is 2.08. The lowest BCUT2D eigenvalue weighted by Gasteiger charge is -2.22. The van der Waals surface area contributed by atoms with E-state index in [4.69, 9.17) is 13.9 Å². The SMILES string of the molecule is CC[C@H](NC(=O)OC(C)(C)C)C(=O)Oc1ccc2ccc(=O)oc2c1. The second-order valence-electron chi connectivity index (χ2n) is 6.48. The largest absolute Gasteiger partial charge is 0.444 e. The Kier molecular flexibility index (Phi) is 5.46. The van der Waals surface area contributed by atoms with Crippen molar-refractivity contribution in [1.29, 1.82) is 0 Å². The Labute approximate surface area is 144 Å². The fourth-order valence-electron chi connectivity index (χ4n) is 2.07. The lowest BCUT2D eigenvalue weighted by atomic mass is 10.2. The van der Waals surface area contributed by atoms with E-state index < -0.39 is 29.3 Å². The molecule has 0 aliphatic heterocycles. The molecule has 1 amide bonds. The van der Waals surface area contributed by atoms with Gasteiger partial charge < -0.3 is 19.2 Å². The van der Waals surface area contributed by atoms with Crippen LogP contribution in [0, 0.1) is 0 Å². The fourth-order valence-corrected chi connectivity index (χ4v) is 2.07. The van der Waals surface area contributed by atoms with Crippen LogP contribution in [0.2, 0.25) is 0 Å². The summed E-state index contributed by atoms with van der Waals surface area (Å²) < 4.78 is 15.5. The number of ether oxygens (including phenoxy) is 2. The molecule has 1 aromatic heterocycles. The molecule has 1 atom stereocenters. The summed E-state index contributed by atoms with van der Waals surface area (Å²) in [6, 6.07) is 6.78. The van der Waals surface area contributed by atoms with Crippen LogP contribution < -0.4 is 15.7 Å². The predicted molar refractivity (Wildman–Crippen MR) is 91.6 cm³/mol. The first-order valence-electron chi connectivity index (χ1n) is 7.93. The van der Waals surface area contributed by atoms with Crippen molar-refractivity contribution < 1.29 is 23.5 Å². The van der Waals surface area contributed by atoms with Crippen molar-refractivity contribution in [3.63, 3.8) is 0 Å². The van der Waals surface area contributed by atoms with Crippen LogP contribution in [0.5, 0.6) is 5.75 Å². The van der Waals surface area contributed by atoms with E-state index in [9.17, 15) is 14.4 Å². The molecule has 0 radical (unpaired) electrons. The van der Waals surface area contributed by atoms with Gasteiger partial charge in [0.1, 0.15) is 23.0 Å². The number of hydrogen-bond acceptors (Lipinski definition) is 6. The number of alkyl carbamates (subject to hydrolysis) is 1. The number of benzene rings is 1. The number of fused-ring (bicyclic) bond motifs is 1. The van der Waals surface area contributed by atoms with Gasteiger partial charge in [0.2, 0.25) is 0 Å². The molecule has 7 nitrogen and oxygen atoms in total. The van der Waals surface area contributed by atoms with Gasteiger partial charge in [0.05, 0.1) is 0 Å². The molecule has 1 heterocycles. The van der Waals surface area contributed by atoms with E-state index in [0.717, 1.165) is 0 Å². The average Bonchev–Trinajstić information content (AvgIpc) is 2.50. The van der Waals surface area contributed by atoms with Gasteiger partial charge in [-0.3, -0.25) is 0 Å². The highest BCUT2D eigenvalue weighted by Crippen LogP contribution is 2.20.